The molecule has 0 heterocycles. The smallest absolute Gasteiger partial charge is 0.123 e. The molecule has 0 fully saturated rings. The Morgan fingerprint density at radius 1 is 0.618 bits per heavy atom. The summed E-state index contributed by atoms with van der Waals surface area (Å²) in [5.74, 6) is 0.626. The molecule has 0 saturated heterocycles. The van der Waals surface area contributed by atoms with Crippen LogP contribution in [0.25, 0.3) is 11.6 Å². The van der Waals surface area contributed by atoms with Crippen molar-refractivity contribution in [2.75, 3.05) is 0 Å². The molecule has 184 valence electrons. The Hall–Kier alpha value is -2.73. The molecule has 0 radical (unpaired) electrons. The Labute approximate surface area is 207 Å². The number of nitrogens with zero attached hydrogens (tertiary/aromatic N) is 1. The number of hydrogen-bond donors (Lipinski definition) is 2. The van der Waals surface area contributed by atoms with Crippen LogP contribution in [0, 0.1) is 11.3 Å². The summed E-state index contributed by atoms with van der Waals surface area (Å²) in [4.78, 5) is 0. The zero-order valence-electron chi connectivity index (χ0n) is 23.2. The molecular formula is C31H43NO2. The fourth-order valence-corrected chi connectivity index (χ4v) is 4.16. The van der Waals surface area contributed by atoms with Gasteiger partial charge in [-0.2, -0.15) is 5.26 Å². The van der Waals surface area contributed by atoms with Crippen LogP contribution >= 0.6 is 0 Å². The predicted octanol–water partition coefficient (Wildman–Crippen LogP) is 8.35. The SMILES string of the molecule is CC(C)(C)c1cc(C=C(C#N)c2cc(C(C)(C)C)c(O)c(C(C)(C)C)c2)cc(C(C)(C)C)c1O. The Balaban J connectivity index is 2.89. The molecule has 0 saturated carbocycles. The van der Waals surface area contributed by atoms with E-state index < -0.39 is 0 Å². The Bertz CT molecular complexity index is 1080. The van der Waals surface area contributed by atoms with Gasteiger partial charge in [0.15, 0.2) is 0 Å². The highest BCUT2D eigenvalue weighted by Gasteiger charge is 2.28. The van der Waals surface area contributed by atoms with Crippen LogP contribution in [0.15, 0.2) is 24.3 Å². The topological polar surface area (TPSA) is 64.2 Å². The summed E-state index contributed by atoms with van der Waals surface area (Å²) in [6.07, 6.45) is 1.90. The molecular weight excluding hydrogens is 418 g/mol. The van der Waals surface area contributed by atoms with Gasteiger partial charge in [-0.1, -0.05) is 83.1 Å². The zero-order chi connectivity index (χ0) is 26.4. The van der Waals surface area contributed by atoms with Crippen molar-refractivity contribution in [2.24, 2.45) is 0 Å². The van der Waals surface area contributed by atoms with Crippen LogP contribution in [0.1, 0.15) is 116 Å². The molecule has 2 aromatic carbocycles. The molecule has 2 N–H and O–H groups in total. The number of aromatic hydroxyl groups is 2. The van der Waals surface area contributed by atoms with Crippen LogP contribution in [0.3, 0.4) is 0 Å². The van der Waals surface area contributed by atoms with Crippen LogP contribution < -0.4 is 0 Å². The van der Waals surface area contributed by atoms with Gasteiger partial charge in [-0.15, -0.1) is 0 Å². The van der Waals surface area contributed by atoms with Gasteiger partial charge in [0.2, 0.25) is 0 Å². The van der Waals surface area contributed by atoms with Gasteiger partial charge in [0, 0.05) is 22.3 Å². The Morgan fingerprint density at radius 3 is 1.18 bits per heavy atom. The minimum atomic E-state index is -0.280. The molecule has 3 heteroatoms. The van der Waals surface area contributed by atoms with E-state index in [1.54, 1.807) is 0 Å². The van der Waals surface area contributed by atoms with Gasteiger partial charge >= 0.3 is 0 Å². The van der Waals surface area contributed by atoms with E-state index in [9.17, 15) is 15.5 Å². The largest absolute Gasteiger partial charge is 0.507 e. The van der Waals surface area contributed by atoms with Gasteiger partial charge in [0.25, 0.3) is 0 Å². The molecule has 0 aliphatic rings. The molecule has 2 aromatic rings. The highest BCUT2D eigenvalue weighted by molar-refractivity contribution is 5.90. The quantitative estimate of drug-likeness (QED) is 0.349. The molecule has 0 aromatic heterocycles. The molecule has 0 aliphatic heterocycles. The van der Waals surface area contributed by atoms with Crippen molar-refractivity contribution in [3.8, 4) is 17.6 Å². The number of rotatable bonds is 2. The van der Waals surface area contributed by atoms with Crippen molar-refractivity contribution in [1.29, 1.82) is 5.26 Å². The molecule has 0 atom stereocenters. The van der Waals surface area contributed by atoms with Gasteiger partial charge < -0.3 is 10.2 Å². The Morgan fingerprint density at radius 2 is 0.912 bits per heavy atom. The van der Waals surface area contributed by atoms with Crippen molar-refractivity contribution in [1.82, 2.24) is 0 Å². The maximum Gasteiger partial charge on any atom is 0.123 e. The second-order valence-corrected chi connectivity index (χ2v) is 13.6. The third kappa shape index (κ3) is 5.84. The standard InChI is InChI=1S/C31H43NO2/c1-28(2,3)22-14-19(15-23(26(22)33)29(4,5)6)13-21(18-32)20-16-24(30(7,8)9)27(34)25(17-20)31(10,11)12/h13-17,33-34H,1-12H3. The summed E-state index contributed by atoms with van der Waals surface area (Å²) in [5, 5.41) is 32.3. The van der Waals surface area contributed by atoms with Crippen LogP contribution in [-0.4, -0.2) is 10.2 Å². The van der Waals surface area contributed by atoms with E-state index >= 15 is 0 Å². The first-order valence-electron chi connectivity index (χ1n) is 12.1. The lowest BCUT2D eigenvalue weighted by Gasteiger charge is -2.28. The molecule has 0 bridgehead atoms. The number of nitriles is 1. The van der Waals surface area contributed by atoms with Gasteiger partial charge in [-0.25, -0.2) is 0 Å². The van der Waals surface area contributed by atoms with Crippen molar-refractivity contribution in [3.63, 3.8) is 0 Å². The third-order valence-corrected chi connectivity index (χ3v) is 6.22. The van der Waals surface area contributed by atoms with E-state index in [1.165, 1.54) is 0 Å². The number of benzene rings is 2. The van der Waals surface area contributed by atoms with E-state index in [-0.39, 0.29) is 21.7 Å². The van der Waals surface area contributed by atoms with Crippen molar-refractivity contribution in [3.05, 3.63) is 57.6 Å². The number of phenolic OH excluding ortho intramolecular Hbond substituents is 2. The van der Waals surface area contributed by atoms with E-state index in [0.717, 1.165) is 33.4 Å². The van der Waals surface area contributed by atoms with E-state index in [2.05, 4.69) is 89.2 Å². The van der Waals surface area contributed by atoms with Crippen LogP contribution in [0.5, 0.6) is 11.5 Å². The molecule has 0 aliphatic carbocycles. The van der Waals surface area contributed by atoms with Gasteiger partial charge in [-0.05, 0) is 63.1 Å². The molecule has 2 rings (SSSR count). The summed E-state index contributed by atoms with van der Waals surface area (Å²) >= 11 is 0. The first-order valence-corrected chi connectivity index (χ1v) is 12.1. The minimum Gasteiger partial charge on any atom is -0.507 e. The van der Waals surface area contributed by atoms with Gasteiger partial charge in [0.1, 0.15) is 11.5 Å². The summed E-state index contributed by atoms with van der Waals surface area (Å²) in [6.45, 7) is 24.9. The number of allylic oxidation sites excluding steroid dienone is 1. The summed E-state index contributed by atoms with van der Waals surface area (Å²) < 4.78 is 0. The summed E-state index contributed by atoms with van der Waals surface area (Å²) in [7, 11) is 0. The average molecular weight is 462 g/mol. The van der Waals surface area contributed by atoms with Crippen LogP contribution in [0.2, 0.25) is 0 Å². The lowest BCUT2D eigenvalue weighted by Crippen LogP contribution is -2.18. The molecule has 0 amide bonds. The van der Waals surface area contributed by atoms with E-state index in [0.29, 0.717) is 17.1 Å². The molecule has 0 unspecified atom stereocenters. The zero-order valence-corrected chi connectivity index (χ0v) is 23.2. The van der Waals surface area contributed by atoms with Crippen LogP contribution in [0.4, 0.5) is 0 Å². The van der Waals surface area contributed by atoms with E-state index in [1.807, 2.05) is 30.3 Å². The second-order valence-electron chi connectivity index (χ2n) is 13.6. The number of phenols is 2. The van der Waals surface area contributed by atoms with E-state index in [4.69, 9.17) is 0 Å². The lowest BCUT2D eigenvalue weighted by molar-refractivity contribution is 0.422. The number of hydrogen-bond acceptors (Lipinski definition) is 3. The first kappa shape index (κ1) is 27.5. The fraction of sp³-hybridized carbons (Fsp3) is 0.516. The maximum atomic E-state index is 11.1. The average Bonchev–Trinajstić information content (AvgIpc) is 2.63. The molecule has 3 nitrogen and oxygen atoms in total. The van der Waals surface area contributed by atoms with Gasteiger partial charge in [0.05, 0.1) is 11.6 Å². The van der Waals surface area contributed by atoms with Crippen molar-refractivity contribution < 1.29 is 10.2 Å². The van der Waals surface area contributed by atoms with Crippen LogP contribution in [-0.2, 0) is 21.7 Å². The summed E-state index contributed by atoms with van der Waals surface area (Å²) in [5.41, 5.74) is 4.51. The highest BCUT2D eigenvalue weighted by atomic mass is 16.3. The fourth-order valence-electron chi connectivity index (χ4n) is 4.16. The monoisotopic (exact) mass is 461 g/mol. The highest BCUT2D eigenvalue weighted by Crippen LogP contribution is 2.43. The third-order valence-electron chi connectivity index (χ3n) is 6.22. The second kappa shape index (κ2) is 8.81. The van der Waals surface area contributed by atoms with Crippen molar-refractivity contribution >= 4 is 11.6 Å². The summed E-state index contributed by atoms with van der Waals surface area (Å²) in [6, 6.07) is 10.2. The first-order chi connectivity index (χ1) is 15.2. The van der Waals surface area contributed by atoms with Crippen molar-refractivity contribution in [2.45, 2.75) is 105 Å². The normalized spacial score (nSPS) is 13.7. The predicted molar refractivity (Wildman–Crippen MR) is 144 cm³/mol. The molecule has 0 spiro atoms. The Kier molecular flexibility index (Phi) is 7.13. The van der Waals surface area contributed by atoms with Gasteiger partial charge in [-0.3, -0.25) is 0 Å². The lowest BCUT2D eigenvalue weighted by atomic mass is 9.77. The molecule has 34 heavy (non-hydrogen) atoms. The minimum absolute atomic E-state index is 0.252. The maximum absolute atomic E-state index is 11.1.